The van der Waals surface area contributed by atoms with Crippen molar-refractivity contribution in [2.24, 2.45) is 11.3 Å². The average molecular weight is 202 g/mol. The predicted molar refractivity (Wildman–Crippen MR) is 60.4 cm³/mol. The molecule has 0 spiro atoms. The van der Waals surface area contributed by atoms with Crippen LogP contribution in [0, 0.1) is 11.3 Å². The van der Waals surface area contributed by atoms with E-state index in [1.807, 2.05) is 0 Å². The molecule has 0 N–H and O–H groups in total. The molecule has 0 aromatic carbocycles. The molecule has 0 saturated heterocycles. The van der Waals surface area contributed by atoms with Gasteiger partial charge in [0, 0.05) is 12.0 Å². The van der Waals surface area contributed by atoms with Crippen LogP contribution in [0.3, 0.4) is 0 Å². The van der Waals surface area contributed by atoms with Gasteiger partial charge in [-0.2, -0.15) is 12.6 Å². The Morgan fingerprint density at radius 1 is 1.38 bits per heavy atom. The summed E-state index contributed by atoms with van der Waals surface area (Å²) in [7, 11) is 0. The first-order valence-corrected chi connectivity index (χ1v) is 6.00. The molecular formula is C11H22OS. The van der Waals surface area contributed by atoms with Gasteiger partial charge in [-0.15, -0.1) is 0 Å². The van der Waals surface area contributed by atoms with Crippen molar-refractivity contribution in [1.82, 2.24) is 0 Å². The summed E-state index contributed by atoms with van der Waals surface area (Å²) in [6.07, 6.45) is 5.19. The number of rotatable bonds is 6. The van der Waals surface area contributed by atoms with Crippen LogP contribution in [-0.4, -0.2) is 19.0 Å². The summed E-state index contributed by atoms with van der Waals surface area (Å²) in [5, 5.41) is 0. The molecule has 78 valence electrons. The minimum Gasteiger partial charge on any atom is -0.381 e. The van der Waals surface area contributed by atoms with Crippen LogP contribution >= 0.6 is 12.6 Å². The average Bonchev–Trinajstić information content (AvgIpc) is 2.01. The molecule has 0 unspecified atom stereocenters. The topological polar surface area (TPSA) is 9.23 Å². The van der Waals surface area contributed by atoms with Crippen LogP contribution in [0.5, 0.6) is 0 Å². The van der Waals surface area contributed by atoms with Gasteiger partial charge in [0.15, 0.2) is 0 Å². The molecule has 1 saturated carbocycles. The van der Waals surface area contributed by atoms with Gasteiger partial charge in [0.05, 0.1) is 6.61 Å². The quantitative estimate of drug-likeness (QED) is 0.514. The third-order valence-electron chi connectivity index (χ3n) is 3.00. The smallest absolute Gasteiger partial charge is 0.0530 e. The van der Waals surface area contributed by atoms with Crippen molar-refractivity contribution in [3.8, 4) is 0 Å². The Morgan fingerprint density at radius 3 is 2.46 bits per heavy atom. The van der Waals surface area contributed by atoms with Crippen molar-refractivity contribution in [1.29, 1.82) is 0 Å². The van der Waals surface area contributed by atoms with Gasteiger partial charge in [-0.05, 0) is 30.9 Å². The van der Waals surface area contributed by atoms with Crippen LogP contribution in [0.15, 0.2) is 0 Å². The van der Waals surface area contributed by atoms with Crippen LogP contribution in [0.1, 0.15) is 39.5 Å². The zero-order chi connectivity index (χ0) is 9.73. The van der Waals surface area contributed by atoms with Gasteiger partial charge in [0.2, 0.25) is 0 Å². The van der Waals surface area contributed by atoms with E-state index in [2.05, 4.69) is 26.5 Å². The molecule has 1 aliphatic rings. The molecule has 1 rings (SSSR count). The van der Waals surface area contributed by atoms with Gasteiger partial charge >= 0.3 is 0 Å². The van der Waals surface area contributed by atoms with Gasteiger partial charge < -0.3 is 4.74 Å². The normalized spacial score (nSPS) is 20.3. The maximum absolute atomic E-state index is 5.69. The van der Waals surface area contributed by atoms with E-state index in [0.29, 0.717) is 5.41 Å². The summed E-state index contributed by atoms with van der Waals surface area (Å²) in [6.45, 7) is 6.33. The van der Waals surface area contributed by atoms with Crippen LogP contribution < -0.4 is 0 Å². The van der Waals surface area contributed by atoms with Crippen molar-refractivity contribution in [2.75, 3.05) is 19.0 Å². The third-order valence-corrected chi connectivity index (χ3v) is 3.67. The second kappa shape index (κ2) is 5.26. The zero-order valence-electron chi connectivity index (χ0n) is 8.88. The summed E-state index contributed by atoms with van der Waals surface area (Å²) in [4.78, 5) is 0. The fourth-order valence-electron chi connectivity index (χ4n) is 1.63. The summed E-state index contributed by atoms with van der Waals surface area (Å²) in [5.41, 5.74) is 0.445. The van der Waals surface area contributed by atoms with Crippen molar-refractivity contribution >= 4 is 12.6 Å². The number of thiol groups is 1. The lowest BCUT2D eigenvalue weighted by atomic mass is 9.71. The highest BCUT2D eigenvalue weighted by Gasteiger charge is 2.35. The molecule has 0 aromatic heterocycles. The maximum atomic E-state index is 5.69. The SMILES string of the molecule is CC(C)CCOCC1(CS)CCC1. The Kier molecular flexibility index (Phi) is 4.60. The molecular weight excluding hydrogens is 180 g/mol. The fraction of sp³-hybridized carbons (Fsp3) is 1.00. The van der Waals surface area contributed by atoms with E-state index >= 15 is 0 Å². The maximum Gasteiger partial charge on any atom is 0.0530 e. The largest absolute Gasteiger partial charge is 0.381 e. The first kappa shape index (κ1) is 11.4. The first-order chi connectivity index (χ1) is 6.18. The molecule has 0 radical (unpaired) electrons. The monoisotopic (exact) mass is 202 g/mol. The molecule has 2 heteroatoms. The van der Waals surface area contributed by atoms with Gasteiger partial charge in [0.25, 0.3) is 0 Å². The number of ether oxygens (including phenoxy) is 1. The molecule has 1 nitrogen and oxygen atoms in total. The van der Waals surface area contributed by atoms with E-state index in [-0.39, 0.29) is 0 Å². The highest BCUT2D eigenvalue weighted by molar-refractivity contribution is 7.80. The molecule has 1 aliphatic carbocycles. The van der Waals surface area contributed by atoms with E-state index < -0.39 is 0 Å². The van der Waals surface area contributed by atoms with Crippen LogP contribution in [0.2, 0.25) is 0 Å². The number of hydrogen-bond donors (Lipinski definition) is 1. The van der Waals surface area contributed by atoms with Gasteiger partial charge in [-0.1, -0.05) is 20.3 Å². The molecule has 0 bridgehead atoms. The highest BCUT2D eigenvalue weighted by Crippen LogP contribution is 2.41. The Hall–Kier alpha value is 0.310. The molecule has 0 atom stereocenters. The molecule has 13 heavy (non-hydrogen) atoms. The van der Waals surface area contributed by atoms with Crippen molar-refractivity contribution in [2.45, 2.75) is 39.5 Å². The molecule has 0 aliphatic heterocycles. The Morgan fingerprint density at radius 2 is 2.08 bits per heavy atom. The van der Waals surface area contributed by atoms with E-state index in [1.165, 1.54) is 25.7 Å². The summed E-state index contributed by atoms with van der Waals surface area (Å²) >= 11 is 4.40. The molecule has 0 aromatic rings. The molecule has 0 amide bonds. The van der Waals surface area contributed by atoms with Crippen molar-refractivity contribution in [3.05, 3.63) is 0 Å². The van der Waals surface area contributed by atoms with Crippen LogP contribution in [-0.2, 0) is 4.74 Å². The lowest BCUT2D eigenvalue weighted by molar-refractivity contribution is 0.00679. The Labute approximate surface area is 87.7 Å². The first-order valence-electron chi connectivity index (χ1n) is 5.37. The molecule has 0 heterocycles. The zero-order valence-corrected chi connectivity index (χ0v) is 9.78. The van der Waals surface area contributed by atoms with Crippen molar-refractivity contribution < 1.29 is 4.74 Å². The van der Waals surface area contributed by atoms with E-state index in [9.17, 15) is 0 Å². The fourth-order valence-corrected chi connectivity index (χ4v) is 2.04. The minimum absolute atomic E-state index is 0.445. The van der Waals surface area contributed by atoms with Crippen LogP contribution in [0.4, 0.5) is 0 Å². The van der Waals surface area contributed by atoms with Gasteiger partial charge in [-0.3, -0.25) is 0 Å². The van der Waals surface area contributed by atoms with Gasteiger partial charge in [-0.25, -0.2) is 0 Å². The second-order valence-electron chi connectivity index (χ2n) is 4.75. The minimum atomic E-state index is 0.445. The summed E-state index contributed by atoms with van der Waals surface area (Å²) in [5.74, 6) is 1.75. The Bertz CT molecular complexity index is 136. The van der Waals surface area contributed by atoms with Crippen LogP contribution in [0.25, 0.3) is 0 Å². The summed E-state index contributed by atoms with van der Waals surface area (Å²) in [6, 6.07) is 0. The van der Waals surface area contributed by atoms with E-state index in [4.69, 9.17) is 4.74 Å². The lowest BCUT2D eigenvalue weighted by Gasteiger charge is -2.40. The van der Waals surface area contributed by atoms with E-state index in [1.54, 1.807) is 0 Å². The molecule has 1 fully saturated rings. The standard InChI is InChI=1S/C11H22OS/c1-10(2)4-7-12-8-11(9-13)5-3-6-11/h10,13H,3-9H2,1-2H3. The predicted octanol–water partition coefficient (Wildman–Crippen LogP) is 3.15. The highest BCUT2D eigenvalue weighted by atomic mass is 32.1. The summed E-state index contributed by atoms with van der Waals surface area (Å²) < 4.78 is 5.69. The third kappa shape index (κ3) is 3.51. The number of hydrogen-bond acceptors (Lipinski definition) is 2. The lowest BCUT2D eigenvalue weighted by Crippen LogP contribution is -2.36. The van der Waals surface area contributed by atoms with E-state index in [0.717, 1.165) is 24.9 Å². The second-order valence-corrected chi connectivity index (χ2v) is 5.06. The Balaban J connectivity index is 2.04. The van der Waals surface area contributed by atoms with Crippen molar-refractivity contribution in [3.63, 3.8) is 0 Å². The van der Waals surface area contributed by atoms with Gasteiger partial charge in [0.1, 0.15) is 0 Å².